The van der Waals surface area contributed by atoms with Crippen LogP contribution in [0.15, 0.2) is 24.7 Å². The molecular weight excluding hydrogens is 380 g/mol. The molecule has 3 aromatic rings. The zero-order valence-electron chi connectivity index (χ0n) is 17.6. The molecule has 154 valence electrons. The number of pyridine rings is 1. The minimum absolute atomic E-state index is 0.0456. The number of hydrogen-bond donors (Lipinski definition) is 0. The Morgan fingerprint density at radius 3 is 2.53 bits per heavy atom. The molecule has 2 aliphatic rings. The van der Waals surface area contributed by atoms with Crippen molar-refractivity contribution in [3.63, 3.8) is 0 Å². The van der Waals surface area contributed by atoms with Gasteiger partial charge in [0.15, 0.2) is 5.78 Å². The Labute approximate surface area is 174 Å². The van der Waals surface area contributed by atoms with Crippen molar-refractivity contribution < 1.29 is 9.59 Å². The van der Waals surface area contributed by atoms with Gasteiger partial charge in [-0.05, 0) is 38.2 Å². The van der Waals surface area contributed by atoms with Crippen molar-refractivity contribution in [3.05, 3.63) is 36.2 Å². The van der Waals surface area contributed by atoms with Crippen LogP contribution in [0.3, 0.4) is 0 Å². The van der Waals surface area contributed by atoms with E-state index < -0.39 is 0 Å². The Kier molecular flexibility index (Phi) is 4.03. The molecule has 0 radical (unpaired) electrons. The normalized spacial score (nSPS) is 24.9. The number of ketones is 1. The summed E-state index contributed by atoms with van der Waals surface area (Å²) in [6, 6.07) is 2.40. The summed E-state index contributed by atoms with van der Waals surface area (Å²) in [6.07, 6.45) is 7.21. The Morgan fingerprint density at radius 2 is 1.90 bits per heavy atom. The fourth-order valence-corrected chi connectivity index (χ4v) is 4.88. The van der Waals surface area contributed by atoms with Crippen molar-refractivity contribution >= 4 is 22.6 Å². The molecule has 1 aliphatic heterocycles. The lowest BCUT2D eigenvalue weighted by Crippen LogP contribution is -2.39. The second-order valence-electron chi connectivity index (χ2n) is 8.90. The first-order valence-electron chi connectivity index (χ1n) is 10.2. The van der Waals surface area contributed by atoms with E-state index in [9.17, 15) is 9.59 Å². The van der Waals surface area contributed by atoms with Crippen molar-refractivity contribution in [2.24, 2.45) is 5.41 Å². The van der Waals surface area contributed by atoms with E-state index in [1.165, 1.54) is 6.92 Å². The molecule has 4 heterocycles. The Balaban J connectivity index is 1.51. The zero-order valence-corrected chi connectivity index (χ0v) is 17.6. The van der Waals surface area contributed by atoms with Gasteiger partial charge >= 0.3 is 0 Å². The molecule has 0 N–H and O–H groups in total. The van der Waals surface area contributed by atoms with Gasteiger partial charge in [0, 0.05) is 42.4 Å². The molecule has 1 amide bonds. The van der Waals surface area contributed by atoms with Gasteiger partial charge in [-0.2, -0.15) is 5.10 Å². The quantitative estimate of drug-likeness (QED) is 0.621. The van der Waals surface area contributed by atoms with Crippen molar-refractivity contribution in [3.8, 4) is 11.3 Å². The van der Waals surface area contributed by atoms with Crippen LogP contribution in [0.1, 0.15) is 49.9 Å². The minimum atomic E-state index is -0.146. The highest BCUT2D eigenvalue weighted by molar-refractivity contribution is 6.05. The van der Waals surface area contributed by atoms with E-state index in [2.05, 4.69) is 33.9 Å². The average molecular weight is 404 g/mol. The fourth-order valence-electron chi connectivity index (χ4n) is 4.88. The van der Waals surface area contributed by atoms with Crippen LogP contribution in [-0.2, 0) is 11.3 Å². The highest BCUT2D eigenvalue weighted by atomic mass is 16.2. The van der Waals surface area contributed by atoms with Crippen LogP contribution in [0.4, 0.5) is 0 Å². The summed E-state index contributed by atoms with van der Waals surface area (Å²) in [4.78, 5) is 40.3. The van der Waals surface area contributed by atoms with Crippen LogP contribution in [-0.4, -0.2) is 53.4 Å². The number of aromatic nitrogens is 5. The van der Waals surface area contributed by atoms with E-state index in [-0.39, 0.29) is 29.7 Å². The number of likely N-dealkylation sites (tertiary alicyclic amines) is 1. The lowest BCUT2D eigenvalue weighted by Gasteiger charge is -2.24. The molecule has 1 aliphatic carbocycles. The van der Waals surface area contributed by atoms with Gasteiger partial charge in [-0.1, -0.05) is 6.92 Å². The molecule has 5 rings (SSSR count). The van der Waals surface area contributed by atoms with Gasteiger partial charge in [-0.3, -0.25) is 19.3 Å². The molecule has 0 spiro atoms. The largest absolute Gasteiger partial charge is 0.335 e. The Bertz CT molecular complexity index is 1180. The van der Waals surface area contributed by atoms with Crippen LogP contribution in [0.25, 0.3) is 22.2 Å². The maximum absolute atomic E-state index is 13.1. The predicted molar refractivity (Wildman–Crippen MR) is 111 cm³/mol. The smallest absolute Gasteiger partial charge is 0.244 e. The standard InChI is InChI=1S/C22H24N6O2/c1-12-6-22(4)7-19(22)28(12)20(30)11-27-18-10-25-17(15-8-23-14(3)24-9-15)5-16(18)21(26-27)13(2)29/h5,8-10,12,19H,6-7,11H2,1-4H3/t12-,19?,22+/m1/s1. The molecule has 8 nitrogen and oxygen atoms in total. The minimum Gasteiger partial charge on any atom is -0.335 e. The summed E-state index contributed by atoms with van der Waals surface area (Å²) in [5.74, 6) is 0.579. The Hall–Kier alpha value is -3.16. The number of Topliss-reactive ketones (excluding diaryl/α,β-unsaturated/α-hetero) is 1. The number of carbonyl (C=O) groups is 2. The summed E-state index contributed by atoms with van der Waals surface area (Å²) in [5.41, 5.74) is 2.73. The van der Waals surface area contributed by atoms with Crippen LogP contribution < -0.4 is 0 Å². The van der Waals surface area contributed by atoms with E-state index >= 15 is 0 Å². The fraction of sp³-hybridized carbons (Fsp3) is 0.455. The van der Waals surface area contributed by atoms with Crippen LogP contribution in [0.2, 0.25) is 0 Å². The monoisotopic (exact) mass is 404 g/mol. The van der Waals surface area contributed by atoms with Crippen LogP contribution in [0.5, 0.6) is 0 Å². The van der Waals surface area contributed by atoms with Gasteiger partial charge in [0.1, 0.15) is 18.1 Å². The first-order valence-corrected chi connectivity index (χ1v) is 10.2. The van der Waals surface area contributed by atoms with Gasteiger partial charge in [0.2, 0.25) is 5.91 Å². The molecule has 0 aromatic carbocycles. The summed E-state index contributed by atoms with van der Waals surface area (Å²) in [6.45, 7) is 7.77. The molecule has 8 heteroatoms. The first kappa shape index (κ1) is 18.8. The molecular formula is C22H24N6O2. The second-order valence-corrected chi connectivity index (χ2v) is 8.90. The summed E-state index contributed by atoms with van der Waals surface area (Å²) < 4.78 is 1.61. The van der Waals surface area contributed by atoms with Gasteiger partial charge in [-0.15, -0.1) is 0 Å². The van der Waals surface area contributed by atoms with Gasteiger partial charge in [0.05, 0.1) is 17.4 Å². The second kappa shape index (κ2) is 6.42. The van der Waals surface area contributed by atoms with Gasteiger partial charge < -0.3 is 4.90 Å². The van der Waals surface area contributed by atoms with E-state index in [1.54, 1.807) is 23.3 Å². The zero-order chi connectivity index (χ0) is 21.2. The van der Waals surface area contributed by atoms with Crippen LogP contribution >= 0.6 is 0 Å². The van der Waals surface area contributed by atoms with E-state index in [1.807, 2.05) is 17.9 Å². The van der Waals surface area contributed by atoms with E-state index in [0.29, 0.717) is 34.2 Å². The topological polar surface area (TPSA) is 93.9 Å². The third-order valence-corrected chi connectivity index (χ3v) is 6.50. The van der Waals surface area contributed by atoms with E-state index in [0.717, 1.165) is 18.4 Å². The lowest BCUT2D eigenvalue weighted by atomic mass is 10.0. The predicted octanol–water partition coefficient (Wildman–Crippen LogP) is 2.80. The third kappa shape index (κ3) is 2.89. The van der Waals surface area contributed by atoms with Gasteiger partial charge in [0.25, 0.3) is 0 Å². The van der Waals surface area contributed by atoms with Crippen molar-refractivity contribution in [1.29, 1.82) is 0 Å². The number of amides is 1. The van der Waals surface area contributed by atoms with Crippen molar-refractivity contribution in [2.45, 2.75) is 59.2 Å². The number of aryl methyl sites for hydroxylation is 1. The first-order chi connectivity index (χ1) is 14.3. The highest BCUT2D eigenvalue weighted by Gasteiger charge is 2.61. The Morgan fingerprint density at radius 1 is 1.17 bits per heavy atom. The number of rotatable bonds is 4. The van der Waals surface area contributed by atoms with Gasteiger partial charge in [-0.25, -0.2) is 9.97 Å². The SMILES string of the molecule is CC(=O)c1nn(CC(=O)N2C3C[C@]3(C)C[C@H]2C)c2cnc(-c3cnc(C)nc3)cc12. The van der Waals surface area contributed by atoms with E-state index in [4.69, 9.17) is 0 Å². The summed E-state index contributed by atoms with van der Waals surface area (Å²) >= 11 is 0. The molecule has 3 atom stereocenters. The van der Waals surface area contributed by atoms with Crippen molar-refractivity contribution in [1.82, 2.24) is 29.6 Å². The number of fused-ring (bicyclic) bond motifs is 2. The summed E-state index contributed by atoms with van der Waals surface area (Å²) in [5, 5.41) is 5.17. The third-order valence-electron chi connectivity index (χ3n) is 6.50. The molecule has 1 saturated carbocycles. The average Bonchev–Trinajstić information content (AvgIpc) is 3.08. The number of nitrogens with zero attached hydrogens (tertiary/aromatic N) is 6. The molecule has 2 fully saturated rings. The lowest BCUT2D eigenvalue weighted by molar-refractivity contribution is -0.133. The summed E-state index contributed by atoms with van der Waals surface area (Å²) in [7, 11) is 0. The molecule has 1 unspecified atom stereocenters. The maximum Gasteiger partial charge on any atom is 0.244 e. The molecule has 30 heavy (non-hydrogen) atoms. The molecule has 0 bridgehead atoms. The van der Waals surface area contributed by atoms with Crippen molar-refractivity contribution in [2.75, 3.05) is 0 Å². The molecule has 1 saturated heterocycles. The maximum atomic E-state index is 13.1. The number of hydrogen-bond acceptors (Lipinski definition) is 6. The van der Waals surface area contributed by atoms with Crippen LogP contribution in [0, 0.1) is 12.3 Å². The number of carbonyl (C=O) groups excluding carboxylic acids is 2. The molecule has 3 aromatic heterocycles. The number of piperidine rings is 1. The highest BCUT2D eigenvalue weighted by Crippen LogP contribution is 2.59.